The molecule has 1 fully saturated rings. The van der Waals surface area contributed by atoms with Crippen LogP contribution in [0.2, 0.25) is 0 Å². The maximum atomic E-state index is 12.0. The lowest BCUT2D eigenvalue weighted by atomic mass is 9.93. The first-order valence-corrected chi connectivity index (χ1v) is 7.14. The fourth-order valence-corrected chi connectivity index (χ4v) is 2.43. The van der Waals surface area contributed by atoms with Crippen LogP contribution in [0.4, 0.5) is 0 Å². The highest BCUT2D eigenvalue weighted by Gasteiger charge is 2.61. The molecule has 2 atom stereocenters. The van der Waals surface area contributed by atoms with Gasteiger partial charge in [-0.25, -0.2) is 4.79 Å². The Morgan fingerprint density at radius 3 is 2.63 bits per heavy atom. The van der Waals surface area contributed by atoms with Crippen LogP contribution in [0, 0.1) is 0 Å². The number of epoxide rings is 1. The average molecular weight is 262 g/mol. The lowest BCUT2D eigenvalue weighted by molar-refractivity contribution is -0.145. The standard InChI is InChI=1S/C16H22O3/c1-3-5-9-12-18-15(17)14-16(4-2,19-14)13-10-7-6-8-11-13/h6-8,10-11,14H,3-5,9,12H2,1-2H3/t14-,16+/m1/s1. The molecule has 0 spiro atoms. The van der Waals surface area contributed by atoms with Crippen molar-refractivity contribution in [3.8, 4) is 0 Å². The van der Waals surface area contributed by atoms with Crippen molar-refractivity contribution in [1.29, 1.82) is 0 Å². The van der Waals surface area contributed by atoms with Crippen LogP contribution in [0.5, 0.6) is 0 Å². The lowest BCUT2D eigenvalue weighted by Gasteiger charge is -2.10. The number of unbranched alkanes of at least 4 members (excludes halogenated alkanes) is 2. The summed E-state index contributed by atoms with van der Waals surface area (Å²) in [5.74, 6) is -0.221. The molecule has 0 aliphatic carbocycles. The highest BCUT2D eigenvalue weighted by atomic mass is 16.7. The highest BCUT2D eigenvalue weighted by Crippen LogP contribution is 2.49. The van der Waals surface area contributed by atoms with Crippen LogP contribution >= 0.6 is 0 Å². The second kappa shape index (κ2) is 6.20. The molecule has 0 amide bonds. The Morgan fingerprint density at radius 2 is 2.00 bits per heavy atom. The molecular formula is C16H22O3. The Labute approximate surface area is 114 Å². The third-order valence-electron chi connectivity index (χ3n) is 3.69. The van der Waals surface area contributed by atoms with Gasteiger partial charge in [-0.05, 0) is 18.4 Å². The summed E-state index contributed by atoms with van der Waals surface area (Å²) in [7, 11) is 0. The molecule has 0 aromatic heterocycles. The maximum absolute atomic E-state index is 12.0. The van der Waals surface area contributed by atoms with Gasteiger partial charge < -0.3 is 9.47 Å². The minimum atomic E-state index is -0.455. The van der Waals surface area contributed by atoms with Crippen molar-refractivity contribution in [1.82, 2.24) is 0 Å². The number of carbonyl (C=O) groups is 1. The van der Waals surface area contributed by atoms with E-state index in [9.17, 15) is 4.79 Å². The van der Waals surface area contributed by atoms with E-state index in [-0.39, 0.29) is 5.97 Å². The smallest absolute Gasteiger partial charge is 0.338 e. The zero-order valence-electron chi connectivity index (χ0n) is 11.7. The fraction of sp³-hybridized carbons (Fsp3) is 0.562. The topological polar surface area (TPSA) is 38.8 Å². The summed E-state index contributed by atoms with van der Waals surface area (Å²) in [6.45, 7) is 4.67. The zero-order valence-corrected chi connectivity index (χ0v) is 11.7. The Balaban J connectivity index is 1.91. The van der Waals surface area contributed by atoms with Gasteiger partial charge in [0.25, 0.3) is 0 Å². The van der Waals surface area contributed by atoms with Gasteiger partial charge in [-0.2, -0.15) is 0 Å². The van der Waals surface area contributed by atoms with E-state index >= 15 is 0 Å². The predicted octanol–water partition coefficient (Wildman–Crippen LogP) is 3.42. The van der Waals surface area contributed by atoms with E-state index in [0.717, 1.165) is 31.2 Å². The van der Waals surface area contributed by atoms with Gasteiger partial charge >= 0.3 is 5.97 Å². The van der Waals surface area contributed by atoms with Gasteiger partial charge in [-0.15, -0.1) is 0 Å². The maximum Gasteiger partial charge on any atom is 0.338 e. The van der Waals surface area contributed by atoms with Crippen LogP contribution in [0.1, 0.15) is 45.1 Å². The minimum absolute atomic E-state index is 0.221. The van der Waals surface area contributed by atoms with Crippen molar-refractivity contribution in [2.24, 2.45) is 0 Å². The van der Waals surface area contributed by atoms with Gasteiger partial charge in [-0.3, -0.25) is 0 Å². The predicted molar refractivity (Wildman–Crippen MR) is 73.8 cm³/mol. The fourth-order valence-electron chi connectivity index (χ4n) is 2.43. The molecule has 1 heterocycles. The van der Waals surface area contributed by atoms with Crippen molar-refractivity contribution < 1.29 is 14.3 Å². The monoisotopic (exact) mass is 262 g/mol. The molecule has 3 nitrogen and oxygen atoms in total. The van der Waals surface area contributed by atoms with Crippen molar-refractivity contribution >= 4 is 5.97 Å². The Hall–Kier alpha value is -1.35. The van der Waals surface area contributed by atoms with Gasteiger partial charge in [0.15, 0.2) is 6.10 Å². The molecule has 104 valence electrons. The van der Waals surface area contributed by atoms with Gasteiger partial charge in [0.05, 0.1) is 6.61 Å². The molecule has 2 rings (SSSR count). The number of rotatable bonds is 7. The quantitative estimate of drug-likeness (QED) is 0.429. The molecular weight excluding hydrogens is 240 g/mol. The minimum Gasteiger partial charge on any atom is -0.464 e. The van der Waals surface area contributed by atoms with E-state index in [0.29, 0.717) is 6.61 Å². The number of hydrogen-bond donors (Lipinski definition) is 0. The summed E-state index contributed by atoms with van der Waals surface area (Å²) in [6, 6.07) is 9.92. The van der Waals surface area contributed by atoms with E-state index in [2.05, 4.69) is 6.92 Å². The number of hydrogen-bond acceptors (Lipinski definition) is 3. The van der Waals surface area contributed by atoms with Crippen molar-refractivity contribution in [2.75, 3.05) is 6.61 Å². The van der Waals surface area contributed by atoms with Crippen LogP contribution in [-0.2, 0) is 19.9 Å². The summed E-state index contributed by atoms with van der Waals surface area (Å²) < 4.78 is 11.0. The SMILES string of the molecule is CCCCCOC(=O)[C@H]1O[C@@]1(CC)c1ccccc1. The molecule has 1 aromatic carbocycles. The van der Waals surface area contributed by atoms with E-state index < -0.39 is 11.7 Å². The first-order chi connectivity index (χ1) is 9.24. The van der Waals surface area contributed by atoms with Crippen molar-refractivity contribution in [3.63, 3.8) is 0 Å². The molecule has 1 aliphatic heterocycles. The van der Waals surface area contributed by atoms with Crippen molar-refractivity contribution in [2.45, 2.75) is 51.2 Å². The molecule has 19 heavy (non-hydrogen) atoms. The Morgan fingerprint density at radius 1 is 1.26 bits per heavy atom. The zero-order chi connectivity index (χ0) is 13.7. The van der Waals surface area contributed by atoms with Crippen molar-refractivity contribution in [3.05, 3.63) is 35.9 Å². The summed E-state index contributed by atoms with van der Waals surface area (Å²) >= 11 is 0. The van der Waals surface area contributed by atoms with Gasteiger partial charge in [0, 0.05) is 0 Å². The van der Waals surface area contributed by atoms with Gasteiger partial charge in [-0.1, -0.05) is 57.0 Å². The molecule has 0 N–H and O–H groups in total. The first-order valence-electron chi connectivity index (χ1n) is 7.14. The first kappa shape index (κ1) is 14.1. The summed E-state index contributed by atoms with van der Waals surface area (Å²) in [5.41, 5.74) is 0.608. The molecule has 1 saturated heterocycles. The Bertz CT molecular complexity index is 415. The molecule has 3 heteroatoms. The second-order valence-electron chi connectivity index (χ2n) is 4.98. The molecule has 1 aromatic rings. The molecule has 0 bridgehead atoms. The van der Waals surface area contributed by atoms with Crippen LogP contribution in [0.15, 0.2) is 30.3 Å². The number of carbonyl (C=O) groups excluding carboxylic acids is 1. The van der Waals surface area contributed by atoms with E-state index in [1.54, 1.807) is 0 Å². The average Bonchev–Trinajstić information content (AvgIpc) is 3.20. The molecule has 0 unspecified atom stereocenters. The Kier molecular flexibility index (Phi) is 4.59. The third kappa shape index (κ3) is 2.98. The lowest BCUT2D eigenvalue weighted by Crippen LogP contribution is -2.21. The summed E-state index contributed by atoms with van der Waals surface area (Å²) in [4.78, 5) is 12.0. The summed E-state index contributed by atoms with van der Waals surface area (Å²) in [6.07, 6.45) is 3.50. The van der Waals surface area contributed by atoms with E-state index in [4.69, 9.17) is 9.47 Å². The largest absolute Gasteiger partial charge is 0.464 e. The number of esters is 1. The molecule has 0 saturated carbocycles. The normalized spacial score (nSPS) is 25.1. The van der Waals surface area contributed by atoms with Gasteiger partial charge in [0.1, 0.15) is 5.60 Å². The third-order valence-corrected chi connectivity index (χ3v) is 3.69. The van der Waals surface area contributed by atoms with Gasteiger partial charge in [0.2, 0.25) is 0 Å². The van der Waals surface area contributed by atoms with Crippen LogP contribution in [0.25, 0.3) is 0 Å². The second-order valence-corrected chi connectivity index (χ2v) is 4.98. The van der Waals surface area contributed by atoms with E-state index in [1.807, 2.05) is 37.3 Å². The molecule has 1 aliphatic rings. The molecule has 0 radical (unpaired) electrons. The van der Waals surface area contributed by atoms with Crippen LogP contribution < -0.4 is 0 Å². The van der Waals surface area contributed by atoms with E-state index in [1.165, 1.54) is 0 Å². The van der Waals surface area contributed by atoms with Crippen LogP contribution in [-0.4, -0.2) is 18.7 Å². The highest BCUT2D eigenvalue weighted by molar-refractivity contribution is 5.80. The van der Waals surface area contributed by atoms with Crippen LogP contribution in [0.3, 0.4) is 0 Å². The number of benzene rings is 1. The number of ether oxygens (including phenoxy) is 2. The summed E-state index contributed by atoms with van der Waals surface area (Å²) in [5, 5.41) is 0.